The number of benzene rings is 2. The van der Waals surface area contributed by atoms with Crippen LogP contribution in [-0.4, -0.2) is 27.9 Å². The van der Waals surface area contributed by atoms with E-state index < -0.39 is 5.97 Å². The molecule has 0 amide bonds. The van der Waals surface area contributed by atoms with E-state index in [2.05, 4.69) is 31.2 Å². The molecule has 1 heterocycles. The van der Waals surface area contributed by atoms with Gasteiger partial charge in [-0.25, -0.2) is 9.48 Å². The number of para-hydroxylation sites is 1. The summed E-state index contributed by atoms with van der Waals surface area (Å²) in [6.07, 6.45) is 0. The molecule has 1 aromatic heterocycles. The van der Waals surface area contributed by atoms with Crippen LogP contribution in [0.15, 0.2) is 60.7 Å². The smallest absolute Gasteiger partial charge is 0.359 e. The fraction of sp³-hybridized carbons (Fsp3) is 0.304. The van der Waals surface area contributed by atoms with Gasteiger partial charge in [-0.1, -0.05) is 48.5 Å². The topological polar surface area (TPSA) is 56.1 Å². The molecule has 0 aliphatic rings. The second-order valence-electron chi connectivity index (χ2n) is 7.61. The summed E-state index contributed by atoms with van der Waals surface area (Å²) in [5, 5.41) is 8.17. The number of carbonyl (C=O) groups is 1. The third kappa shape index (κ3) is 5.46. The Morgan fingerprint density at radius 1 is 1.03 bits per heavy atom. The van der Waals surface area contributed by atoms with E-state index in [0.717, 1.165) is 22.5 Å². The van der Waals surface area contributed by atoms with Gasteiger partial charge in [-0.2, -0.15) is 5.10 Å². The van der Waals surface area contributed by atoms with Crippen molar-refractivity contribution in [2.75, 3.05) is 6.61 Å². The molecule has 0 radical (unpaired) electrons. The van der Waals surface area contributed by atoms with Crippen LogP contribution in [0.2, 0.25) is 0 Å². The highest BCUT2D eigenvalue weighted by molar-refractivity contribution is 5.91. The van der Waals surface area contributed by atoms with Crippen LogP contribution < -0.4 is 5.32 Å². The predicted molar refractivity (Wildman–Crippen MR) is 119 cm³/mol. The minimum absolute atomic E-state index is 0. The third-order valence-electron chi connectivity index (χ3n) is 4.30. The predicted octanol–water partition coefficient (Wildman–Crippen LogP) is 5.03. The molecule has 5 nitrogen and oxygen atoms in total. The Balaban J connectivity index is 0.00000300. The molecule has 0 bridgehead atoms. The lowest BCUT2D eigenvalue weighted by atomic mass is 10.0. The normalized spacial score (nSPS) is 11.0. The van der Waals surface area contributed by atoms with Crippen molar-refractivity contribution in [2.24, 2.45) is 0 Å². The van der Waals surface area contributed by atoms with Gasteiger partial charge in [-0.3, -0.25) is 0 Å². The van der Waals surface area contributed by atoms with Crippen LogP contribution in [0.5, 0.6) is 0 Å². The first-order valence-electron chi connectivity index (χ1n) is 9.55. The number of nitrogens with zero attached hydrogens (tertiary/aromatic N) is 2. The number of nitrogens with one attached hydrogen (secondary N) is 1. The Hall–Kier alpha value is -2.63. The summed E-state index contributed by atoms with van der Waals surface area (Å²) in [5.41, 5.74) is 3.87. The first kappa shape index (κ1) is 22.7. The Morgan fingerprint density at radius 2 is 1.62 bits per heavy atom. The van der Waals surface area contributed by atoms with E-state index in [4.69, 9.17) is 4.74 Å². The number of carbonyl (C=O) groups excluding carboxylic acids is 1. The zero-order valence-corrected chi connectivity index (χ0v) is 18.1. The van der Waals surface area contributed by atoms with E-state index in [-0.39, 0.29) is 17.9 Å². The third-order valence-corrected chi connectivity index (χ3v) is 4.30. The number of aromatic nitrogens is 2. The van der Waals surface area contributed by atoms with Crippen LogP contribution in [0.25, 0.3) is 16.9 Å². The molecule has 0 saturated heterocycles. The van der Waals surface area contributed by atoms with E-state index >= 15 is 0 Å². The largest absolute Gasteiger partial charge is 0.461 e. The molecule has 0 fully saturated rings. The Kier molecular flexibility index (Phi) is 7.59. The summed E-state index contributed by atoms with van der Waals surface area (Å²) < 4.78 is 7.13. The molecule has 3 aromatic rings. The van der Waals surface area contributed by atoms with Crippen molar-refractivity contribution >= 4 is 18.4 Å². The van der Waals surface area contributed by atoms with Gasteiger partial charge >= 0.3 is 5.97 Å². The molecular weight excluding hydrogens is 386 g/mol. The summed E-state index contributed by atoms with van der Waals surface area (Å²) in [6, 6.07) is 19.9. The zero-order valence-electron chi connectivity index (χ0n) is 17.3. The van der Waals surface area contributed by atoms with Crippen LogP contribution in [0.1, 0.15) is 43.7 Å². The van der Waals surface area contributed by atoms with Crippen molar-refractivity contribution in [3.63, 3.8) is 0 Å². The SMILES string of the molecule is CCOC(=O)c1nn(-c2ccccc2)c(-c2ccccc2)c1CNC(C)(C)C.Cl. The lowest BCUT2D eigenvalue weighted by molar-refractivity contribution is 0.0517. The number of hydrogen-bond donors (Lipinski definition) is 1. The van der Waals surface area contributed by atoms with Crippen molar-refractivity contribution in [3.05, 3.63) is 71.9 Å². The van der Waals surface area contributed by atoms with Crippen molar-refractivity contribution in [3.8, 4) is 16.9 Å². The zero-order chi connectivity index (χ0) is 20.1. The molecule has 3 rings (SSSR count). The highest BCUT2D eigenvalue weighted by Crippen LogP contribution is 2.30. The summed E-state index contributed by atoms with van der Waals surface area (Å²) >= 11 is 0. The Labute approximate surface area is 178 Å². The highest BCUT2D eigenvalue weighted by Gasteiger charge is 2.26. The maximum Gasteiger partial charge on any atom is 0.359 e. The minimum atomic E-state index is -0.403. The van der Waals surface area contributed by atoms with E-state index in [1.54, 1.807) is 6.92 Å². The van der Waals surface area contributed by atoms with E-state index in [9.17, 15) is 4.79 Å². The summed E-state index contributed by atoms with van der Waals surface area (Å²) in [4.78, 5) is 12.7. The molecule has 0 spiro atoms. The number of hydrogen-bond acceptors (Lipinski definition) is 4. The second kappa shape index (κ2) is 9.72. The standard InChI is InChI=1S/C23H27N3O2.ClH/c1-5-28-22(27)20-19(16-24-23(2,3)4)21(17-12-8-6-9-13-17)26(25-20)18-14-10-7-11-15-18;/h6-15,24H,5,16H2,1-4H3;1H. The van der Waals surface area contributed by atoms with Crippen LogP contribution in [0.3, 0.4) is 0 Å². The monoisotopic (exact) mass is 413 g/mol. The molecule has 0 aliphatic carbocycles. The number of esters is 1. The fourth-order valence-electron chi connectivity index (χ4n) is 2.98. The van der Waals surface area contributed by atoms with Crippen LogP contribution in [0.4, 0.5) is 0 Å². The summed E-state index contributed by atoms with van der Waals surface area (Å²) in [5.74, 6) is -0.403. The minimum Gasteiger partial charge on any atom is -0.461 e. The quantitative estimate of drug-likeness (QED) is 0.576. The average Bonchev–Trinajstić information content (AvgIpc) is 3.07. The molecule has 1 N–H and O–H groups in total. The molecular formula is C23H28ClN3O2. The van der Waals surface area contributed by atoms with Gasteiger partial charge in [0.25, 0.3) is 0 Å². The van der Waals surface area contributed by atoms with Crippen molar-refractivity contribution in [1.82, 2.24) is 15.1 Å². The van der Waals surface area contributed by atoms with E-state index in [0.29, 0.717) is 18.8 Å². The van der Waals surface area contributed by atoms with Gasteiger partial charge in [-0.05, 0) is 39.8 Å². The van der Waals surface area contributed by atoms with E-state index in [1.165, 1.54) is 0 Å². The molecule has 29 heavy (non-hydrogen) atoms. The van der Waals surface area contributed by atoms with Gasteiger partial charge < -0.3 is 10.1 Å². The van der Waals surface area contributed by atoms with E-state index in [1.807, 2.05) is 65.3 Å². The van der Waals surface area contributed by atoms with Crippen LogP contribution in [0, 0.1) is 0 Å². The maximum absolute atomic E-state index is 12.7. The number of halogens is 1. The molecule has 0 saturated carbocycles. The van der Waals surface area contributed by atoms with Gasteiger partial charge in [0.15, 0.2) is 5.69 Å². The molecule has 2 aromatic carbocycles. The molecule has 0 atom stereocenters. The summed E-state index contributed by atoms with van der Waals surface area (Å²) in [6.45, 7) is 8.92. The average molecular weight is 414 g/mol. The van der Waals surface area contributed by atoms with Crippen molar-refractivity contribution < 1.29 is 9.53 Å². The van der Waals surface area contributed by atoms with Crippen molar-refractivity contribution in [2.45, 2.75) is 39.8 Å². The molecule has 0 unspecified atom stereocenters. The molecule has 0 aliphatic heterocycles. The maximum atomic E-state index is 12.7. The first-order chi connectivity index (χ1) is 13.4. The molecule has 154 valence electrons. The first-order valence-corrected chi connectivity index (χ1v) is 9.55. The molecule has 6 heteroatoms. The fourth-order valence-corrected chi connectivity index (χ4v) is 2.98. The number of ether oxygens (including phenoxy) is 1. The van der Waals surface area contributed by atoms with Gasteiger partial charge in [0, 0.05) is 23.2 Å². The van der Waals surface area contributed by atoms with Gasteiger partial charge in [0.2, 0.25) is 0 Å². The van der Waals surface area contributed by atoms with Crippen LogP contribution >= 0.6 is 12.4 Å². The van der Waals surface area contributed by atoms with Gasteiger partial charge in [0.1, 0.15) is 0 Å². The number of rotatable bonds is 6. The van der Waals surface area contributed by atoms with Crippen molar-refractivity contribution in [1.29, 1.82) is 0 Å². The Morgan fingerprint density at radius 3 is 2.17 bits per heavy atom. The lowest BCUT2D eigenvalue weighted by Gasteiger charge is -2.21. The lowest BCUT2D eigenvalue weighted by Crippen LogP contribution is -2.35. The summed E-state index contributed by atoms with van der Waals surface area (Å²) in [7, 11) is 0. The second-order valence-corrected chi connectivity index (χ2v) is 7.61. The van der Waals surface area contributed by atoms with Crippen LogP contribution in [-0.2, 0) is 11.3 Å². The van der Waals surface area contributed by atoms with Gasteiger partial charge in [-0.15, -0.1) is 12.4 Å². The highest BCUT2D eigenvalue weighted by atomic mass is 35.5. The van der Waals surface area contributed by atoms with Gasteiger partial charge in [0.05, 0.1) is 18.0 Å². The Bertz CT molecular complexity index is 932.